The summed E-state index contributed by atoms with van der Waals surface area (Å²) in [5.41, 5.74) is 3.95. The SMILES string of the molecule is COc1cc(/C=N/c2sc3c(c2C#N)CC[NH+](Cc2ccccc2)C3)cc(Br)c1O. The molecule has 0 bridgehead atoms. The number of phenolic OH excluding ortho intramolecular Hbond substituents is 1. The van der Waals surface area contributed by atoms with E-state index in [1.165, 1.54) is 22.5 Å². The third-order valence-electron chi connectivity index (χ3n) is 5.22. The van der Waals surface area contributed by atoms with Gasteiger partial charge in [-0.3, -0.25) is 0 Å². The minimum atomic E-state index is 0.0560. The molecule has 152 valence electrons. The number of halogens is 1. The standard InChI is InChI=1S/C23H20BrN3O2S/c1-29-20-10-16(9-19(24)22(20)28)12-26-23-18(11-25)17-7-8-27(14-21(17)30-23)13-15-5-3-2-4-6-15/h2-6,9-10,12,28H,7-8,13-14H2,1H3/p+1/b26-12+. The summed E-state index contributed by atoms with van der Waals surface area (Å²) in [5.74, 6) is 0.428. The Morgan fingerprint density at radius 2 is 2.13 bits per heavy atom. The number of phenols is 1. The van der Waals surface area contributed by atoms with Gasteiger partial charge in [0.2, 0.25) is 0 Å². The van der Waals surface area contributed by atoms with E-state index in [0.29, 0.717) is 15.8 Å². The minimum Gasteiger partial charge on any atom is -0.503 e. The van der Waals surface area contributed by atoms with Crippen molar-refractivity contribution in [1.29, 1.82) is 5.26 Å². The number of hydrogen-bond donors (Lipinski definition) is 2. The number of thiophene rings is 1. The average Bonchev–Trinajstić information content (AvgIpc) is 3.11. The van der Waals surface area contributed by atoms with Crippen molar-refractivity contribution in [2.24, 2.45) is 4.99 Å². The number of benzene rings is 2. The fourth-order valence-electron chi connectivity index (χ4n) is 3.72. The Morgan fingerprint density at radius 3 is 2.87 bits per heavy atom. The Bertz CT molecular complexity index is 1140. The fraction of sp³-hybridized carbons (Fsp3) is 0.217. The molecule has 0 radical (unpaired) electrons. The van der Waals surface area contributed by atoms with Crippen molar-refractivity contribution in [3.05, 3.63) is 74.1 Å². The zero-order valence-electron chi connectivity index (χ0n) is 16.5. The monoisotopic (exact) mass is 482 g/mol. The summed E-state index contributed by atoms with van der Waals surface area (Å²) in [4.78, 5) is 7.36. The molecule has 2 heterocycles. The molecule has 1 aromatic heterocycles. The van der Waals surface area contributed by atoms with Gasteiger partial charge in [0.05, 0.1) is 28.6 Å². The van der Waals surface area contributed by atoms with Gasteiger partial charge in [-0.15, -0.1) is 11.3 Å². The van der Waals surface area contributed by atoms with Crippen molar-refractivity contribution in [3.8, 4) is 17.6 Å². The summed E-state index contributed by atoms with van der Waals surface area (Å²) < 4.78 is 5.73. The number of nitrogens with one attached hydrogen (secondary N) is 1. The van der Waals surface area contributed by atoms with Gasteiger partial charge in [0, 0.05) is 18.2 Å². The lowest BCUT2D eigenvalue weighted by Gasteiger charge is -2.23. The van der Waals surface area contributed by atoms with Crippen LogP contribution in [-0.4, -0.2) is 25.0 Å². The molecule has 1 unspecified atom stereocenters. The van der Waals surface area contributed by atoms with Crippen LogP contribution in [0.4, 0.5) is 5.00 Å². The number of quaternary nitrogens is 1. The molecule has 0 saturated heterocycles. The van der Waals surface area contributed by atoms with Crippen LogP contribution in [0.2, 0.25) is 0 Å². The largest absolute Gasteiger partial charge is 0.503 e. The average molecular weight is 483 g/mol. The van der Waals surface area contributed by atoms with Gasteiger partial charge < -0.3 is 14.7 Å². The maximum Gasteiger partial charge on any atom is 0.172 e. The quantitative estimate of drug-likeness (QED) is 0.540. The Kier molecular flexibility index (Phi) is 6.18. The Hall–Kier alpha value is -2.66. The number of ether oxygens (including phenoxy) is 1. The summed E-state index contributed by atoms with van der Waals surface area (Å²) in [6, 6.07) is 16.4. The Balaban J connectivity index is 1.57. The smallest absolute Gasteiger partial charge is 0.172 e. The Labute approximate surface area is 188 Å². The molecule has 0 fully saturated rings. The third kappa shape index (κ3) is 4.26. The van der Waals surface area contributed by atoms with Crippen LogP contribution in [0.3, 0.4) is 0 Å². The summed E-state index contributed by atoms with van der Waals surface area (Å²) in [6.45, 7) is 2.91. The van der Waals surface area contributed by atoms with Gasteiger partial charge in [0.15, 0.2) is 11.5 Å². The number of hydrogen-bond acceptors (Lipinski definition) is 5. The number of nitriles is 1. The molecule has 0 spiro atoms. The second kappa shape index (κ2) is 9.00. The molecule has 0 saturated carbocycles. The summed E-state index contributed by atoms with van der Waals surface area (Å²) in [5, 5.41) is 20.5. The highest BCUT2D eigenvalue weighted by molar-refractivity contribution is 9.10. The topological polar surface area (TPSA) is 70.0 Å². The second-order valence-corrected chi connectivity index (χ2v) is 9.13. The normalized spacial score (nSPS) is 15.7. The fourth-order valence-corrected chi connectivity index (χ4v) is 5.39. The highest BCUT2D eigenvalue weighted by Gasteiger charge is 2.26. The van der Waals surface area contributed by atoms with E-state index in [-0.39, 0.29) is 5.75 Å². The zero-order valence-corrected chi connectivity index (χ0v) is 18.9. The Morgan fingerprint density at radius 1 is 1.33 bits per heavy atom. The number of aromatic hydroxyl groups is 1. The van der Waals surface area contributed by atoms with Crippen LogP contribution in [0.25, 0.3) is 0 Å². The van der Waals surface area contributed by atoms with E-state index in [2.05, 4.69) is 51.3 Å². The number of nitrogens with zero attached hydrogens (tertiary/aromatic N) is 2. The van der Waals surface area contributed by atoms with E-state index < -0.39 is 0 Å². The first kappa shape index (κ1) is 20.6. The van der Waals surface area contributed by atoms with Crippen LogP contribution >= 0.6 is 27.3 Å². The number of fused-ring (bicyclic) bond motifs is 1. The highest BCUT2D eigenvalue weighted by atomic mass is 79.9. The second-order valence-electron chi connectivity index (χ2n) is 7.20. The van der Waals surface area contributed by atoms with Gasteiger partial charge in [0.25, 0.3) is 0 Å². The van der Waals surface area contributed by atoms with E-state index in [0.717, 1.165) is 42.2 Å². The molecule has 3 aromatic rings. The predicted octanol–water partition coefficient (Wildman–Crippen LogP) is 3.99. The van der Waals surface area contributed by atoms with Gasteiger partial charge in [-0.05, 0) is 39.2 Å². The number of rotatable bonds is 5. The minimum absolute atomic E-state index is 0.0560. The van der Waals surface area contributed by atoms with Crippen molar-refractivity contribution in [2.45, 2.75) is 19.5 Å². The first-order valence-corrected chi connectivity index (χ1v) is 11.2. The molecule has 1 atom stereocenters. The van der Waals surface area contributed by atoms with Crippen LogP contribution in [0.5, 0.6) is 11.5 Å². The lowest BCUT2D eigenvalue weighted by Crippen LogP contribution is -3.10. The molecule has 1 aliphatic heterocycles. The summed E-state index contributed by atoms with van der Waals surface area (Å²) in [6.07, 6.45) is 2.60. The lowest BCUT2D eigenvalue weighted by molar-refractivity contribution is -0.929. The van der Waals surface area contributed by atoms with Crippen LogP contribution < -0.4 is 9.64 Å². The molecule has 0 aliphatic carbocycles. The molecule has 30 heavy (non-hydrogen) atoms. The van der Waals surface area contributed by atoms with Crippen LogP contribution in [-0.2, 0) is 19.5 Å². The van der Waals surface area contributed by atoms with E-state index in [4.69, 9.17) is 4.74 Å². The molecule has 1 aliphatic rings. The van der Waals surface area contributed by atoms with Crippen LogP contribution in [0, 0.1) is 11.3 Å². The van der Waals surface area contributed by atoms with Crippen LogP contribution in [0.15, 0.2) is 51.9 Å². The lowest BCUT2D eigenvalue weighted by atomic mass is 10.0. The van der Waals surface area contributed by atoms with Crippen molar-refractivity contribution >= 4 is 38.5 Å². The van der Waals surface area contributed by atoms with E-state index >= 15 is 0 Å². The molecule has 2 N–H and O–H groups in total. The molecule has 7 heteroatoms. The predicted molar refractivity (Wildman–Crippen MR) is 122 cm³/mol. The molecular weight excluding hydrogens is 462 g/mol. The zero-order chi connectivity index (χ0) is 21.1. The van der Waals surface area contributed by atoms with Crippen molar-refractivity contribution < 1.29 is 14.7 Å². The maximum absolute atomic E-state index is 9.97. The number of methoxy groups -OCH3 is 1. The number of aliphatic imine (C=N–C) groups is 1. The van der Waals surface area contributed by atoms with Gasteiger partial charge in [0.1, 0.15) is 24.2 Å². The van der Waals surface area contributed by atoms with E-state index in [1.807, 2.05) is 6.07 Å². The van der Waals surface area contributed by atoms with Crippen molar-refractivity contribution in [1.82, 2.24) is 0 Å². The first-order valence-electron chi connectivity index (χ1n) is 9.61. The van der Waals surface area contributed by atoms with E-state index in [9.17, 15) is 10.4 Å². The van der Waals surface area contributed by atoms with Crippen molar-refractivity contribution in [2.75, 3.05) is 13.7 Å². The van der Waals surface area contributed by atoms with Crippen molar-refractivity contribution in [3.63, 3.8) is 0 Å². The summed E-state index contributed by atoms with van der Waals surface area (Å²) in [7, 11) is 1.51. The van der Waals surface area contributed by atoms with Gasteiger partial charge >= 0.3 is 0 Å². The van der Waals surface area contributed by atoms with Gasteiger partial charge in [-0.25, -0.2) is 4.99 Å². The molecule has 4 rings (SSSR count). The molecular formula is C23H21BrN3O2S+. The van der Waals surface area contributed by atoms with Gasteiger partial charge in [-0.1, -0.05) is 30.3 Å². The highest BCUT2D eigenvalue weighted by Crippen LogP contribution is 2.37. The maximum atomic E-state index is 9.97. The summed E-state index contributed by atoms with van der Waals surface area (Å²) >= 11 is 4.93. The molecule has 5 nitrogen and oxygen atoms in total. The first-order chi connectivity index (χ1) is 14.6. The van der Waals surface area contributed by atoms with Gasteiger partial charge in [-0.2, -0.15) is 5.26 Å². The van der Waals surface area contributed by atoms with E-state index in [1.54, 1.807) is 29.7 Å². The third-order valence-corrected chi connectivity index (χ3v) is 6.97. The van der Waals surface area contributed by atoms with Crippen LogP contribution in [0.1, 0.15) is 27.1 Å². The molecule has 0 amide bonds. The molecule has 2 aromatic carbocycles.